The summed E-state index contributed by atoms with van der Waals surface area (Å²) < 4.78 is 15.3. The van der Waals surface area contributed by atoms with Gasteiger partial charge in [-0.1, -0.05) is 121 Å². The number of benzene rings is 9. The fraction of sp³-hybridized carbons (Fsp3) is 0. The predicted octanol–water partition coefficient (Wildman–Crippen LogP) is 15.3. The smallest absolute Gasteiger partial charge is 0.151 e. The summed E-state index contributed by atoms with van der Waals surface area (Å²) in [5, 5.41) is 2.33. The molecule has 9 aromatic carbocycles. The fourth-order valence-electron chi connectivity index (χ4n) is 8.85. The molecule has 0 saturated carbocycles. The Labute approximate surface area is 341 Å². The highest BCUT2D eigenvalue weighted by molar-refractivity contribution is 6.12. The van der Waals surface area contributed by atoms with Gasteiger partial charge in [0.2, 0.25) is 0 Å². The van der Waals surface area contributed by atoms with Gasteiger partial charge >= 0.3 is 0 Å². The van der Waals surface area contributed by atoms with Gasteiger partial charge in [0.1, 0.15) is 0 Å². The van der Waals surface area contributed by atoms with Crippen LogP contribution in [0.3, 0.4) is 0 Å². The van der Waals surface area contributed by atoms with Crippen LogP contribution in [-0.2, 0) is 0 Å². The predicted molar refractivity (Wildman–Crippen MR) is 241 cm³/mol. The maximum atomic E-state index is 6.43. The van der Waals surface area contributed by atoms with Crippen LogP contribution in [0.15, 0.2) is 212 Å². The van der Waals surface area contributed by atoms with E-state index in [1.807, 2.05) is 48.5 Å². The first-order valence-electron chi connectivity index (χ1n) is 19.9. The number of aromatic nitrogens is 1. The molecule has 2 aliphatic rings. The lowest BCUT2D eigenvalue weighted by Gasteiger charge is -2.33. The summed E-state index contributed by atoms with van der Waals surface area (Å²) in [5.41, 5.74) is 14.0. The first-order chi connectivity index (χ1) is 29.2. The van der Waals surface area contributed by atoms with E-state index in [2.05, 4.69) is 178 Å². The fourth-order valence-corrected chi connectivity index (χ4v) is 8.85. The molecule has 0 aliphatic carbocycles. The van der Waals surface area contributed by atoms with Crippen LogP contribution >= 0.6 is 0 Å². The molecule has 0 radical (unpaired) electrons. The molecule has 2 aliphatic heterocycles. The molecule has 278 valence electrons. The molecule has 0 atom stereocenters. The first kappa shape index (κ1) is 33.2. The molecule has 12 rings (SSSR count). The van der Waals surface area contributed by atoms with E-state index >= 15 is 0 Å². The number of rotatable bonds is 5. The van der Waals surface area contributed by atoms with Crippen molar-refractivity contribution < 1.29 is 9.47 Å². The average molecular weight is 758 g/mol. The van der Waals surface area contributed by atoms with Gasteiger partial charge in [-0.3, -0.25) is 0 Å². The molecule has 5 nitrogen and oxygen atoms in total. The number of hydrogen-bond donors (Lipinski definition) is 0. The SMILES string of the molecule is c1ccc(-c2cc(-c3ccccc3)cc(-n3c4cc(N5c6ccccc6Oc6ccccc65)ccc4c4ccc(N5c6ccccc6Oc6ccccc65)cc43)c2)cc1. The second-order valence-electron chi connectivity index (χ2n) is 15.0. The van der Waals surface area contributed by atoms with Crippen molar-refractivity contribution in [2.24, 2.45) is 0 Å². The van der Waals surface area contributed by atoms with Gasteiger partial charge in [0, 0.05) is 27.8 Å². The largest absolute Gasteiger partial charge is 0.453 e. The van der Waals surface area contributed by atoms with E-state index in [0.29, 0.717) is 0 Å². The number of anilines is 6. The first-order valence-corrected chi connectivity index (χ1v) is 19.9. The van der Waals surface area contributed by atoms with Gasteiger partial charge in [0.25, 0.3) is 0 Å². The Morgan fingerprint density at radius 3 is 1.02 bits per heavy atom. The molecular formula is C54H35N3O2. The standard InChI is InChI=1S/C54H35N3O2/c1-3-15-36(16-4-1)38-31-39(37-17-5-2-6-18-37)33-42(32-38)57-49-34-40(55-45-19-7-11-23-51(45)58-52-24-12-8-20-46(52)55)27-29-43(49)44-30-28-41(35-50(44)57)56-47-21-9-13-25-53(47)59-54-26-14-10-22-48(54)56/h1-35H. The molecule has 0 saturated heterocycles. The monoisotopic (exact) mass is 757 g/mol. The van der Waals surface area contributed by atoms with E-state index in [1.165, 1.54) is 10.8 Å². The molecule has 1 aromatic heterocycles. The highest BCUT2D eigenvalue weighted by Gasteiger charge is 2.28. The normalized spacial score (nSPS) is 12.6. The number of fused-ring (bicyclic) bond motifs is 7. The summed E-state index contributed by atoms with van der Waals surface area (Å²) in [6.45, 7) is 0. The summed E-state index contributed by atoms with van der Waals surface area (Å²) in [7, 11) is 0. The van der Waals surface area contributed by atoms with Crippen molar-refractivity contribution in [3.8, 4) is 50.9 Å². The third-order valence-corrected chi connectivity index (χ3v) is 11.5. The van der Waals surface area contributed by atoms with Crippen LogP contribution in [0.1, 0.15) is 0 Å². The molecule has 0 unspecified atom stereocenters. The maximum absolute atomic E-state index is 6.43. The van der Waals surface area contributed by atoms with E-state index in [1.54, 1.807) is 0 Å². The van der Waals surface area contributed by atoms with E-state index < -0.39 is 0 Å². The molecule has 0 bridgehead atoms. The quantitative estimate of drug-likeness (QED) is 0.175. The summed E-state index contributed by atoms with van der Waals surface area (Å²) in [5.74, 6) is 3.30. The van der Waals surface area contributed by atoms with Gasteiger partial charge in [-0.05, 0) is 113 Å². The Morgan fingerprint density at radius 2 is 0.627 bits per heavy atom. The zero-order valence-corrected chi connectivity index (χ0v) is 31.9. The van der Waals surface area contributed by atoms with Crippen molar-refractivity contribution in [2.75, 3.05) is 9.80 Å². The molecule has 0 amide bonds. The highest BCUT2D eigenvalue weighted by Crippen LogP contribution is 2.53. The second-order valence-corrected chi connectivity index (χ2v) is 15.0. The summed E-state index contributed by atoms with van der Waals surface area (Å²) in [4.78, 5) is 4.64. The third-order valence-electron chi connectivity index (χ3n) is 11.5. The number of para-hydroxylation sites is 8. The van der Waals surface area contributed by atoms with Gasteiger partial charge in [0.05, 0.1) is 33.8 Å². The van der Waals surface area contributed by atoms with E-state index in [0.717, 1.165) is 96.1 Å². The number of nitrogens with zero attached hydrogens (tertiary/aromatic N) is 3. The van der Waals surface area contributed by atoms with Crippen molar-refractivity contribution in [3.05, 3.63) is 212 Å². The molecule has 0 fully saturated rings. The van der Waals surface area contributed by atoms with E-state index in [9.17, 15) is 0 Å². The van der Waals surface area contributed by atoms with Crippen LogP contribution in [0.4, 0.5) is 34.1 Å². The second kappa shape index (κ2) is 13.3. The van der Waals surface area contributed by atoms with Gasteiger partial charge in [0.15, 0.2) is 23.0 Å². The highest BCUT2D eigenvalue weighted by atomic mass is 16.5. The summed E-state index contributed by atoms with van der Waals surface area (Å²) in [6.07, 6.45) is 0. The minimum atomic E-state index is 0.825. The van der Waals surface area contributed by atoms with Gasteiger partial charge < -0.3 is 23.8 Å². The number of ether oxygens (including phenoxy) is 2. The lowest BCUT2D eigenvalue weighted by molar-refractivity contribution is 0.477. The Bertz CT molecular complexity index is 2940. The zero-order chi connectivity index (χ0) is 38.9. The van der Waals surface area contributed by atoms with Gasteiger partial charge in [-0.25, -0.2) is 0 Å². The zero-order valence-electron chi connectivity index (χ0n) is 31.9. The molecular weight excluding hydrogens is 723 g/mol. The van der Waals surface area contributed by atoms with Crippen LogP contribution in [0.2, 0.25) is 0 Å². The van der Waals surface area contributed by atoms with Crippen LogP contribution in [0, 0.1) is 0 Å². The Hall–Kier alpha value is -8.02. The van der Waals surface area contributed by atoms with Gasteiger partial charge in [-0.2, -0.15) is 0 Å². The van der Waals surface area contributed by atoms with Crippen molar-refractivity contribution in [3.63, 3.8) is 0 Å². The number of hydrogen-bond acceptors (Lipinski definition) is 4. The average Bonchev–Trinajstić information content (AvgIpc) is 3.63. The van der Waals surface area contributed by atoms with Crippen LogP contribution in [0.25, 0.3) is 49.7 Å². The van der Waals surface area contributed by atoms with E-state index in [4.69, 9.17) is 9.47 Å². The molecule has 3 heterocycles. The van der Waals surface area contributed by atoms with E-state index in [-0.39, 0.29) is 0 Å². The lowest BCUT2D eigenvalue weighted by atomic mass is 9.98. The van der Waals surface area contributed by atoms with Crippen LogP contribution in [0.5, 0.6) is 23.0 Å². The van der Waals surface area contributed by atoms with Crippen LogP contribution < -0.4 is 19.3 Å². The lowest BCUT2D eigenvalue weighted by Crippen LogP contribution is -2.15. The Balaban J connectivity index is 1.15. The molecule has 10 aromatic rings. The molecule has 59 heavy (non-hydrogen) atoms. The van der Waals surface area contributed by atoms with Crippen molar-refractivity contribution in [2.45, 2.75) is 0 Å². The van der Waals surface area contributed by atoms with Crippen molar-refractivity contribution in [1.82, 2.24) is 4.57 Å². The maximum Gasteiger partial charge on any atom is 0.151 e. The third kappa shape index (κ3) is 5.40. The van der Waals surface area contributed by atoms with Gasteiger partial charge in [-0.15, -0.1) is 0 Å². The van der Waals surface area contributed by atoms with Crippen molar-refractivity contribution >= 4 is 55.9 Å². The minimum Gasteiger partial charge on any atom is -0.453 e. The molecule has 5 heteroatoms. The Morgan fingerprint density at radius 1 is 0.271 bits per heavy atom. The molecule has 0 spiro atoms. The topological polar surface area (TPSA) is 29.9 Å². The Kier molecular flexibility index (Phi) is 7.47. The summed E-state index contributed by atoms with van der Waals surface area (Å²) >= 11 is 0. The molecule has 0 N–H and O–H groups in total. The summed E-state index contributed by atoms with van der Waals surface area (Å²) in [6, 6.07) is 75.1. The van der Waals surface area contributed by atoms with Crippen molar-refractivity contribution in [1.29, 1.82) is 0 Å². The minimum absolute atomic E-state index is 0.825. The van der Waals surface area contributed by atoms with Crippen LogP contribution in [-0.4, -0.2) is 4.57 Å².